The smallest absolute Gasteiger partial charge is 0.142 e. The highest BCUT2D eigenvalue weighted by Crippen LogP contribution is 2.26. The minimum absolute atomic E-state index is 0.379. The number of hydrogen-bond donors (Lipinski definition) is 3. The largest absolute Gasteiger partial charge is 0.496 e. The van der Waals surface area contributed by atoms with Gasteiger partial charge in [-0.2, -0.15) is 0 Å². The molecule has 1 unspecified atom stereocenters. The molecule has 5 nitrogen and oxygen atoms in total. The normalized spacial score (nSPS) is 16.5. The molecular weight excluding hydrogens is 308 g/mol. The van der Waals surface area contributed by atoms with E-state index in [1.165, 1.54) is 11.9 Å². The number of nitrogens with one attached hydrogen (secondary N) is 2. The SMILES string of the molecule is C=C1CC(N)=C(SNC(C)CC)N=C(c2ccccc2OC)N1. The van der Waals surface area contributed by atoms with Crippen molar-refractivity contribution in [3.63, 3.8) is 0 Å². The van der Waals surface area contributed by atoms with Crippen molar-refractivity contribution in [2.75, 3.05) is 7.11 Å². The molecule has 23 heavy (non-hydrogen) atoms. The van der Waals surface area contributed by atoms with Crippen LogP contribution in [0.3, 0.4) is 0 Å². The van der Waals surface area contributed by atoms with Crippen molar-refractivity contribution in [2.24, 2.45) is 10.7 Å². The summed E-state index contributed by atoms with van der Waals surface area (Å²) >= 11 is 1.46. The average molecular weight is 332 g/mol. The van der Waals surface area contributed by atoms with Crippen LogP contribution in [0.15, 0.2) is 52.3 Å². The summed E-state index contributed by atoms with van der Waals surface area (Å²) in [5.41, 5.74) is 8.58. The van der Waals surface area contributed by atoms with Crippen LogP contribution in [0.25, 0.3) is 0 Å². The second-order valence-electron chi connectivity index (χ2n) is 5.43. The fourth-order valence-electron chi connectivity index (χ4n) is 2.01. The lowest BCUT2D eigenvalue weighted by atomic mass is 10.1. The van der Waals surface area contributed by atoms with Crippen LogP contribution in [0.1, 0.15) is 32.3 Å². The van der Waals surface area contributed by atoms with Gasteiger partial charge in [-0.1, -0.05) is 25.6 Å². The molecule has 1 heterocycles. The molecule has 1 aromatic rings. The summed E-state index contributed by atoms with van der Waals surface area (Å²) < 4.78 is 8.79. The van der Waals surface area contributed by atoms with Crippen molar-refractivity contribution < 1.29 is 4.74 Å². The number of nitrogens with zero attached hydrogens (tertiary/aromatic N) is 1. The summed E-state index contributed by atoms with van der Waals surface area (Å²) in [6.45, 7) is 8.29. The minimum Gasteiger partial charge on any atom is -0.496 e. The first-order chi connectivity index (χ1) is 11.0. The lowest BCUT2D eigenvalue weighted by molar-refractivity contribution is 0.414. The van der Waals surface area contributed by atoms with Crippen molar-refractivity contribution in [1.29, 1.82) is 0 Å². The van der Waals surface area contributed by atoms with E-state index in [0.717, 1.165) is 28.5 Å². The summed E-state index contributed by atoms with van der Waals surface area (Å²) in [6.07, 6.45) is 1.60. The Labute approximate surface area is 142 Å². The molecule has 1 aliphatic heterocycles. The van der Waals surface area contributed by atoms with E-state index in [2.05, 4.69) is 30.5 Å². The van der Waals surface area contributed by atoms with E-state index in [-0.39, 0.29) is 0 Å². The zero-order valence-corrected chi connectivity index (χ0v) is 14.7. The number of aliphatic imine (C=N–C) groups is 1. The number of ether oxygens (including phenoxy) is 1. The molecule has 6 heteroatoms. The van der Waals surface area contributed by atoms with Crippen LogP contribution < -0.4 is 20.5 Å². The predicted octanol–water partition coefficient (Wildman–Crippen LogP) is 3.11. The third kappa shape index (κ3) is 4.53. The van der Waals surface area contributed by atoms with E-state index in [9.17, 15) is 0 Å². The molecule has 2 rings (SSSR count). The van der Waals surface area contributed by atoms with Crippen molar-refractivity contribution in [2.45, 2.75) is 32.7 Å². The Hall–Kier alpha value is -1.92. The van der Waals surface area contributed by atoms with E-state index in [0.29, 0.717) is 24.0 Å². The van der Waals surface area contributed by atoms with Crippen LogP contribution in [0, 0.1) is 0 Å². The molecule has 0 saturated heterocycles. The van der Waals surface area contributed by atoms with Gasteiger partial charge in [0, 0.05) is 23.9 Å². The Balaban J connectivity index is 2.35. The van der Waals surface area contributed by atoms with Crippen LogP contribution in [0.2, 0.25) is 0 Å². The number of nitrogens with two attached hydrogens (primary N) is 1. The van der Waals surface area contributed by atoms with Gasteiger partial charge in [0.2, 0.25) is 0 Å². The first-order valence-electron chi connectivity index (χ1n) is 7.63. The highest BCUT2D eigenvalue weighted by molar-refractivity contribution is 8.01. The van der Waals surface area contributed by atoms with E-state index in [1.54, 1.807) is 7.11 Å². The molecule has 4 N–H and O–H groups in total. The van der Waals surface area contributed by atoms with E-state index in [4.69, 9.17) is 15.5 Å². The molecule has 0 aliphatic carbocycles. The van der Waals surface area contributed by atoms with Gasteiger partial charge in [-0.15, -0.1) is 0 Å². The van der Waals surface area contributed by atoms with Crippen LogP contribution in [0.5, 0.6) is 5.75 Å². The molecule has 0 saturated carbocycles. The van der Waals surface area contributed by atoms with E-state index in [1.807, 2.05) is 24.3 Å². The number of benzene rings is 1. The van der Waals surface area contributed by atoms with Gasteiger partial charge in [-0.3, -0.25) is 4.72 Å². The number of hydrogen-bond acceptors (Lipinski definition) is 6. The average Bonchev–Trinajstić information content (AvgIpc) is 2.70. The Morgan fingerprint density at radius 1 is 1.48 bits per heavy atom. The second kappa shape index (κ2) is 8.08. The van der Waals surface area contributed by atoms with Gasteiger partial charge < -0.3 is 15.8 Å². The maximum atomic E-state index is 6.19. The molecule has 0 amide bonds. The summed E-state index contributed by atoms with van der Waals surface area (Å²) in [7, 11) is 1.65. The zero-order chi connectivity index (χ0) is 16.8. The first kappa shape index (κ1) is 17.4. The number of amidine groups is 1. The van der Waals surface area contributed by atoms with Crippen molar-refractivity contribution in [1.82, 2.24) is 10.0 Å². The van der Waals surface area contributed by atoms with E-state index >= 15 is 0 Å². The van der Waals surface area contributed by atoms with Crippen molar-refractivity contribution in [3.8, 4) is 5.75 Å². The summed E-state index contributed by atoms with van der Waals surface area (Å²) in [4.78, 5) is 4.71. The van der Waals surface area contributed by atoms with Gasteiger partial charge in [0.15, 0.2) is 0 Å². The van der Waals surface area contributed by atoms with Crippen LogP contribution in [0.4, 0.5) is 0 Å². The van der Waals surface area contributed by atoms with Gasteiger partial charge >= 0.3 is 0 Å². The standard InChI is InChI=1S/C17H24N4OS/c1-5-11(2)21-23-17-14(18)10-12(3)19-16(20-17)13-8-6-7-9-15(13)22-4/h6-9,11,21H,3,5,10,18H2,1-2,4H3,(H,19,20). The molecule has 0 bridgehead atoms. The summed E-state index contributed by atoms with van der Waals surface area (Å²) in [6, 6.07) is 8.13. The topological polar surface area (TPSA) is 71.7 Å². The van der Waals surface area contributed by atoms with Crippen molar-refractivity contribution >= 4 is 17.8 Å². The Kier molecular flexibility index (Phi) is 6.12. The zero-order valence-electron chi connectivity index (χ0n) is 13.8. The lowest BCUT2D eigenvalue weighted by Gasteiger charge is -2.13. The Morgan fingerprint density at radius 2 is 2.22 bits per heavy atom. The fourth-order valence-corrected chi connectivity index (χ4v) is 2.83. The Bertz CT molecular complexity index is 639. The van der Waals surface area contributed by atoms with Gasteiger partial charge in [0.25, 0.3) is 0 Å². The fraction of sp³-hybridized carbons (Fsp3) is 0.353. The molecule has 0 spiro atoms. The van der Waals surface area contributed by atoms with Crippen LogP contribution >= 0.6 is 11.9 Å². The molecule has 1 aromatic carbocycles. The molecule has 0 aromatic heterocycles. The quantitative estimate of drug-likeness (QED) is 0.698. The second-order valence-corrected chi connectivity index (χ2v) is 6.25. The lowest BCUT2D eigenvalue weighted by Crippen LogP contribution is -2.23. The third-order valence-electron chi connectivity index (χ3n) is 3.52. The summed E-state index contributed by atoms with van der Waals surface area (Å²) in [5.74, 6) is 1.45. The first-order valence-corrected chi connectivity index (χ1v) is 8.44. The van der Waals surface area contributed by atoms with Gasteiger partial charge in [0.05, 0.1) is 12.7 Å². The highest BCUT2D eigenvalue weighted by atomic mass is 32.2. The van der Waals surface area contributed by atoms with Gasteiger partial charge in [-0.05, 0) is 37.4 Å². The molecule has 124 valence electrons. The molecule has 0 fully saturated rings. The molecule has 1 atom stereocenters. The monoisotopic (exact) mass is 332 g/mol. The molecule has 0 radical (unpaired) electrons. The van der Waals surface area contributed by atoms with Gasteiger partial charge in [-0.25, -0.2) is 4.99 Å². The maximum Gasteiger partial charge on any atom is 0.142 e. The highest BCUT2D eigenvalue weighted by Gasteiger charge is 2.18. The number of methoxy groups -OCH3 is 1. The van der Waals surface area contributed by atoms with Gasteiger partial charge in [0.1, 0.15) is 16.6 Å². The molecule has 1 aliphatic rings. The third-order valence-corrected chi connectivity index (χ3v) is 4.59. The molecular formula is C17H24N4OS. The van der Waals surface area contributed by atoms with Crippen LogP contribution in [-0.2, 0) is 0 Å². The minimum atomic E-state index is 0.379. The number of para-hydroxylation sites is 1. The van der Waals surface area contributed by atoms with E-state index < -0.39 is 0 Å². The Morgan fingerprint density at radius 3 is 2.91 bits per heavy atom. The summed E-state index contributed by atoms with van der Waals surface area (Å²) in [5, 5.41) is 4.01. The van der Waals surface area contributed by atoms with Crippen molar-refractivity contribution in [3.05, 3.63) is 52.8 Å². The van der Waals surface area contributed by atoms with Crippen LogP contribution in [-0.4, -0.2) is 19.0 Å². The predicted molar refractivity (Wildman–Crippen MR) is 98.1 cm³/mol. The number of rotatable bonds is 6. The maximum absolute atomic E-state index is 6.19.